The molecule has 1 unspecified atom stereocenters. The molecule has 0 saturated heterocycles. The number of carbonyl (C=O) groups is 1. The summed E-state index contributed by atoms with van der Waals surface area (Å²) in [6, 6.07) is 0. The van der Waals surface area contributed by atoms with E-state index in [0.29, 0.717) is 5.92 Å². The fraction of sp³-hybridized carbons (Fsp3) is 0.909. The lowest BCUT2D eigenvalue weighted by molar-refractivity contribution is -0.124. The molecule has 1 atom stereocenters. The first-order valence-electron chi connectivity index (χ1n) is 5.35. The van der Waals surface area contributed by atoms with E-state index < -0.39 is 0 Å². The number of unbranched alkanes of at least 4 members (excludes halogenated alkanes) is 1. The minimum absolute atomic E-state index is 0.164. The smallest absolute Gasteiger partial charge is 0.222 e. The molecule has 0 aliphatic rings. The monoisotopic (exact) mass is 185 g/mol. The zero-order chi connectivity index (χ0) is 10.3. The second-order valence-corrected chi connectivity index (χ2v) is 4.18. The van der Waals surface area contributed by atoms with E-state index in [1.54, 1.807) is 0 Å². The van der Waals surface area contributed by atoms with Gasteiger partial charge in [0.05, 0.1) is 0 Å². The predicted molar refractivity (Wildman–Crippen MR) is 56.5 cm³/mol. The third-order valence-electron chi connectivity index (χ3n) is 2.10. The summed E-state index contributed by atoms with van der Waals surface area (Å²) >= 11 is 0. The molecule has 1 amide bonds. The van der Waals surface area contributed by atoms with Crippen molar-refractivity contribution in [3.63, 3.8) is 0 Å². The number of nitrogens with one attached hydrogen (secondary N) is 1. The maximum absolute atomic E-state index is 11.4. The van der Waals surface area contributed by atoms with Gasteiger partial charge < -0.3 is 5.32 Å². The Labute approximate surface area is 82.1 Å². The van der Waals surface area contributed by atoms with Crippen molar-refractivity contribution in [1.82, 2.24) is 5.32 Å². The Hall–Kier alpha value is -0.530. The minimum Gasteiger partial charge on any atom is -0.356 e. The highest BCUT2D eigenvalue weighted by atomic mass is 16.1. The highest BCUT2D eigenvalue weighted by molar-refractivity contribution is 5.78. The van der Waals surface area contributed by atoms with Crippen molar-refractivity contribution in [1.29, 1.82) is 0 Å². The maximum atomic E-state index is 11.4. The van der Waals surface area contributed by atoms with Gasteiger partial charge >= 0.3 is 0 Å². The van der Waals surface area contributed by atoms with Crippen LogP contribution in [0.5, 0.6) is 0 Å². The molecule has 78 valence electrons. The first-order valence-corrected chi connectivity index (χ1v) is 5.35. The number of rotatable bonds is 6. The van der Waals surface area contributed by atoms with Crippen LogP contribution in [0.25, 0.3) is 0 Å². The van der Waals surface area contributed by atoms with Crippen LogP contribution < -0.4 is 5.32 Å². The summed E-state index contributed by atoms with van der Waals surface area (Å²) in [6.07, 6.45) is 3.21. The molecule has 0 aliphatic heterocycles. The van der Waals surface area contributed by atoms with Gasteiger partial charge in [-0.1, -0.05) is 34.1 Å². The van der Waals surface area contributed by atoms with Crippen molar-refractivity contribution in [2.75, 3.05) is 6.54 Å². The Morgan fingerprint density at radius 3 is 2.38 bits per heavy atom. The molecule has 0 spiro atoms. The van der Waals surface area contributed by atoms with Crippen LogP contribution in [-0.2, 0) is 4.79 Å². The number of amides is 1. The van der Waals surface area contributed by atoms with Gasteiger partial charge in [-0.3, -0.25) is 4.79 Å². The first kappa shape index (κ1) is 12.5. The van der Waals surface area contributed by atoms with E-state index in [-0.39, 0.29) is 11.8 Å². The lowest BCUT2D eigenvalue weighted by Gasteiger charge is -2.13. The molecule has 0 fully saturated rings. The van der Waals surface area contributed by atoms with Gasteiger partial charge in [0.2, 0.25) is 5.91 Å². The van der Waals surface area contributed by atoms with E-state index in [1.807, 2.05) is 6.92 Å². The highest BCUT2D eigenvalue weighted by Crippen LogP contribution is 2.10. The number of hydrogen-bond acceptors (Lipinski definition) is 1. The van der Waals surface area contributed by atoms with Gasteiger partial charge in [0.15, 0.2) is 0 Å². The molecule has 0 heterocycles. The molecule has 0 aromatic heterocycles. The number of carbonyl (C=O) groups excluding carboxylic acids is 1. The SMILES string of the molecule is CCCCNC(=O)C(C)CC(C)C. The van der Waals surface area contributed by atoms with Crippen molar-refractivity contribution in [3.05, 3.63) is 0 Å². The fourth-order valence-electron chi connectivity index (χ4n) is 1.38. The Morgan fingerprint density at radius 2 is 1.92 bits per heavy atom. The molecule has 2 heteroatoms. The van der Waals surface area contributed by atoms with E-state index in [9.17, 15) is 4.79 Å². The van der Waals surface area contributed by atoms with Crippen LogP contribution in [0.2, 0.25) is 0 Å². The molecule has 1 N–H and O–H groups in total. The van der Waals surface area contributed by atoms with Gasteiger partial charge in [-0.25, -0.2) is 0 Å². The van der Waals surface area contributed by atoms with Crippen molar-refractivity contribution in [3.8, 4) is 0 Å². The average Bonchev–Trinajstić information content (AvgIpc) is 2.03. The maximum Gasteiger partial charge on any atom is 0.222 e. The normalized spacial score (nSPS) is 13.0. The summed E-state index contributed by atoms with van der Waals surface area (Å²) in [6.45, 7) is 9.26. The van der Waals surface area contributed by atoms with E-state index in [2.05, 4.69) is 26.1 Å². The first-order chi connectivity index (χ1) is 6.07. The quantitative estimate of drug-likeness (QED) is 0.633. The molecule has 0 aromatic carbocycles. The Balaban J connectivity index is 3.57. The second kappa shape index (κ2) is 6.93. The molecular weight excluding hydrogens is 162 g/mol. The van der Waals surface area contributed by atoms with E-state index in [4.69, 9.17) is 0 Å². The van der Waals surface area contributed by atoms with E-state index in [0.717, 1.165) is 25.8 Å². The van der Waals surface area contributed by atoms with Gasteiger partial charge in [0.25, 0.3) is 0 Å². The predicted octanol–water partition coefficient (Wildman–Crippen LogP) is 2.58. The molecule has 0 bridgehead atoms. The third-order valence-corrected chi connectivity index (χ3v) is 2.10. The Bertz CT molecular complexity index is 143. The van der Waals surface area contributed by atoms with E-state index in [1.165, 1.54) is 0 Å². The Morgan fingerprint density at radius 1 is 1.31 bits per heavy atom. The van der Waals surface area contributed by atoms with Crippen LogP contribution in [0.1, 0.15) is 47.0 Å². The summed E-state index contributed by atoms with van der Waals surface area (Å²) in [7, 11) is 0. The lowest BCUT2D eigenvalue weighted by Crippen LogP contribution is -2.30. The molecule has 0 rings (SSSR count). The minimum atomic E-state index is 0.164. The van der Waals surface area contributed by atoms with Crippen LogP contribution in [0, 0.1) is 11.8 Å². The van der Waals surface area contributed by atoms with Gasteiger partial charge in [-0.2, -0.15) is 0 Å². The van der Waals surface area contributed by atoms with E-state index >= 15 is 0 Å². The van der Waals surface area contributed by atoms with Crippen LogP contribution in [0.3, 0.4) is 0 Å². The van der Waals surface area contributed by atoms with Crippen LogP contribution in [-0.4, -0.2) is 12.5 Å². The molecule has 0 radical (unpaired) electrons. The summed E-state index contributed by atoms with van der Waals surface area (Å²) in [5, 5.41) is 2.95. The van der Waals surface area contributed by atoms with Crippen molar-refractivity contribution >= 4 is 5.91 Å². The Kier molecular flexibility index (Phi) is 6.65. The molecule has 0 saturated carbocycles. The highest BCUT2D eigenvalue weighted by Gasteiger charge is 2.12. The molecule has 0 aliphatic carbocycles. The van der Waals surface area contributed by atoms with Gasteiger partial charge in [-0.15, -0.1) is 0 Å². The second-order valence-electron chi connectivity index (χ2n) is 4.18. The van der Waals surface area contributed by atoms with Crippen molar-refractivity contribution in [2.45, 2.75) is 47.0 Å². The largest absolute Gasteiger partial charge is 0.356 e. The van der Waals surface area contributed by atoms with Gasteiger partial charge in [0, 0.05) is 12.5 Å². The average molecular weight is 185 g/mol. The number of hydrogen-bond donors (Lipinski definition) is 1. The summed E-state index contributed by atoms with van der Waals surface area (Å²) in [5.74, 6) is 0.978. The zero-order valence-electron chi connectivity index (χ0n) is 9.39. The summed E-state index contributed by atoms with van der Waals surface area (Å²) < 4.78 is 0. The summed E-state index contributed by atoms with van der Waals surface area (Å²) in [4.78, 5) is 11.4. The molecule has 13 heavy (non-hydrogen) atoms. The van der Waals surface area contributed by atoms with Crippen molar-refractivity contribution < 1.29 is 4.79 Å². The zero-order valence-corrected chi connectivity index (χ0v) is 9.39. The van der Waals surface area contributed by atoms with Gasteiger partial charge in [-0.05, 0) is 18.8 Å². The van der Waals surface area contributed by atoms with Crippen LogP contribution >= 0.6 is 0 Å². The lowest BCUT2D eigenvalue weighted by atomic mass is 9.98. The van der Waals surface area contributed by atoms with Crippen molar-refractivity contribution in [2.24, 2.45) is 11.8 Å². The van der Waals surface area contributed by atoms with Crippen LogP contribution in [0.15, 0.2) is 0 Å². The topological polar surface area (TPSA) is 29.1 Å². The third kappa shape index (κ3) is 6.62. The molecule has 0 aromatic rings. The fourth-order valence-corrected chi connectivity index (χ4v) is 1.38. The standard InChI is InChI=1S/C11H23NO/c1-5-6-7-12-11(13)10(4)8-9(2)3/h9-10H,5-8H2,1-4H3,(H,12,13). The summed E-state index contributed by atoms with van der Waals surface area (Å²) in [5.41, 5.74) is 0. The molecular formula is C11H23NO. The molecule has 2 nitrogen and oxygen atoms in total. The van der Waals surface area contributed by atoms with Crippen LogP contribution in [0.4, 0.5) is 0 Å². The van der Waals surface area contributed by atoms with Gasteiger partial charge in [0.1, 0.15) is 0 Å².